The van der Waals surface area contributed by atoms with Crippen molar-refractivity contribution in [1.29, 1.82) is 0 Å². The van der Waals surface area contributed by atoms with Crippen LogP contribution >= 0.6 is 0 Å². The van der Waals surface area contributed by atoms with Crippen molar-refractivity contribution in [2.75, 3.05) is 4.90 Å². The molecule has 1 N–H and O–H groups in total. The minimum Gasteiger partial charge on any atom is -0.435 e. The number of oxazole rings is 1. The predicted octanol–water partition coefficient (Wildman–Crippen LogP) is 14.2. The largest absolute Gasteiger partial charge is 0.435 e. The van der Waals surface area contributed by atoms with E-state index in [-0.39, 0.29) is 34.6 Å². The Labute approximate surface area is 339 Å². The van der Waals surface area contributed by atoms with E-state index in [9.17, 15) is 0 Å². The van der Waals surface area contributed by atoms with Crippen molar-refractivity contribution >= 4 is 50.0 Å². The molecule has 0 spiro atoms. The molecule has 0 aliphatic heterocycles. The molecule has 2 heterocycles. The van der Waals surface area contributed by atoms with Crippen molar-refractivity contribution in [3.63, 3.8) is 0 Å². The standard InChI is InChI=1S/C52H37N3O/c1-52(2)44-21-11-9-18-39(44)40-29-28-37(32-45(40)52)55(35-16-7-4-8-17-35)36-26-24-33(25-27-36)38-30-31-41(48-43-19-10-12-22-46(43)53-49(38)48)42-20-13-23-47-50(42)56-51(54-47)34-14-5-3-6-15-34/h3-32,53H,1-2H3/i3D,4D,5D,6D,7D,8D,14D,15D,16D,17D. The van der Waals surface area contributed by atoms with E-state index >= 15 is 0 Å². The predicted molar refractivity (Wildman–Crippen MR) is 232 cm³/mol. The monoisotopic (exact) mass is 729 g/mol. The molecule has 0 saturated carbocycles. The lowest BCUT2D eigenvalue weighted by molar-refractivity contribution is 0.621. The maximum absolute atomic E-state index is 9.08. The van der Waals surface area contributed by atoms with E-state index in [1.54, 1.807) is 11.0 Å². The van der Waals surface area contributed by atoms with Gasteiger partial charge in [0.2, 0.25) is 5.89 Å². The molecule has 0 unspecified atom stereocenters. The summed E-state index contributed by atoms with van der Waals surface area (Å²) in [5.74, 6) is -0.0762. The number of anilines is 3. The number of aromatic amines is 1. The molecule has 4 heteroatoms. The molecule has 0 fully saturated rings. The van der Waals surface area contributed by atoms with Crippen molar-refractivity contribution in [2.45, 2.75) is 19.3 Å². The SMILES string of the molecule is [2H]c1c([2H])c([2H])c(-c2nc3cccc(-c4ccc(-c5ccc(N(c6ccc7c(c6)C(C)(C)c6ccccc6-7)c6c([2H])c([2H])c([2H])c([2H])c6[2H])cc5)c5[nH]c6ccccc6c45)c3o2)c([2H])c1[2H]. The molecule has 1 aliphatic rings. The van der Waals surface area contributed by atoms with Crippen LogP contribution < -0.4 is 4.90 Å². The van der Waals surface area contributed by atoms with Crippen LogP contribution in [0.25, 0.3) is 77.7 Å². The zero-order chi connectivity index (χ0) is 46.1. The molecule has 0 radical (unpaired) electrons. The molecular weight excluding hydrogens is 683 g/mol. The van der Waals surface area contributed by atoms with Gasteiger partial charge in [-0.2, -0.15) is 0 Å². The number of para-hydroxylation sites is 3. The van der Waals surface area contributed by atoms with Crippen molar-refractivity contribution in [2.24, 2.45) is 0 Å². The topological polar surface area (TPSA) is 45.1 Å². The van der Waals surface area contributed by atoms with Crippen LogP contribution in [0.4, 0.5) is 17.1 Å². The summed E-state index contributed by atoms with van der Waals surface area (Å²) in [6.45, 7) is 4.35. The Morgan fingerprint density at radius 3 is 2.09 bits per heavy atom. The minimum atomic E-state index is -0.497. The van der Waals surface area contributed by atoms with Gasteiger partial charge < -0.3 is 14.3 Å². The lowest BCUT2D eigenvalue weighted by atomic mass is 9.82. The lowest BCUT2D eigenvalue weighted by Crippen LogP contribution is -2.16. The van der Waals surface area contributed by atoms with Gasteiger partial charge in [-0.05, 0) is 93.9 Å². The molecular formula is C52H37N3O. The smallest absolute Gasteiger partial charge is 0.227 e. The zero-order valence-corrected chi connectivity index (χ0v) is 30.3. The number of aromatic nitrogens is 2. The van der Waals surface area contributed by atoms with Crippen molar-refractivity contribution in [3.8, 4) is 44.8 Å². The Morgan fingerprint density at radius 1 is 0.571 bits per heavy atom. The van der Waals surface area contributed by atoms with Gasteiger partial charge in [-0.3, -0.25) is 0 Å². The van der Waals surface area contributed by atoms with E-state index in [1.807, 2.05) is 91.0 Å². The van der Waals surface area contributed by atoms with Crippen LogP contribution in [0.2, 0.25) is 0 Å². The molecule has 266 valence electrons. The van der Waals surface area contributed by atoms with Crippen LogP contribution in [0.1, 0.15) is 38.7 Å². The summed E-state index contributed by atoms with van der Waals surface area (Å²) in [4.78, 5) is 10.0. The highest BCUT2D eigenvalue weighted by atomic mass is 16.3. The molecule has 10 aromatic rings. The number of H-pyrrole nitrogens is 1. The number of fused-ring (bicyclic) bond motifs is 7. The van der Waals surface area contributed by atoms with E-state index in [2.05, 4.69) is 48.1 Å². The quantitative estimate of drug-likeness (QED) is 0.185. The first-order valence-corrected chi connectivity index (χ1v) is 18.4. The molecule has 8 aromatic carbocycles. The Morgan fingerprint density at radius 2 is 1.25 bits per heavy atom. The maximum atomic E-state index is 9.08. The van der Waals surface area contributed by atoms with Gasteiger partial charge in [0, 0.05) is 55.5 Å². The second-order valence-corrected chi connectivity index (χ2v) is 14.5. The fourth-order valence-corrected chi connectivity index (χ4v) is 8.43. The van der Waals surface area contributed by atoms with Gasteiger partial charge in [-0.25, -0.2) is 4.98 Å². The molecule has 2 aromatic heterocycles. The van der Waals surface area contributed by atoms with Crippen LogP contribution in [-0.4, -0.2) is 9.97 Å². The van der Waals surface area contributed by atoms with E-state index in [0.717, 1.165) is 55.2 Å². The number of rotatable bonds is 6. The number of nitrogens with zero attached hydrogens (tertiary/aromatic N) is 2. The minimum absolute atomic E-state index is 0.0423. The van der Waals surface area contributed by atoms with Crippen LogP contribution in [0.5, 0.6) is 0 Å². The molecule has 1 aliphatic carbocycles. The Hall–Kier alpha value is -7.17. The van der Waals surface area contributed by atoms with Crippen LogP contribution in [0.3, 0.4) is 0 Å². The van der Waals surface area contributed by atoms with Gasteiger partial charge in [-0.1, -0.05) is 135 Å². The number of hydrogen-bond acceptors (Lipinski definition) is 3. The zero-order valence-electron chi connectivity index (χ0n) is 40.3. The van der Waals surface area contributed by atoms with Gasteiger partial charge in [0.1, 0.15) is 5.52 Å². The second-order valence-electron chi connectivity index (χ2n) is 14.5. The summed E-state index contributed by atoms with van der Waals surface area (Å²) in [5, 5.41) is 1.86. The normalized spacial score (nSPS) is 15.5. The van der Waals surface area contributed by atoms with Crippen LogP contribution in [0, 0.1) is 0 Å². The summed E-state index contributed by atoms with van der Waals surface area (Å²) in [6.07, 6.45) is 0. The Kier molecular flexibility index (Phi) is 5.24. The third-order valence-corrected chi connectivity index (χ3v) is 11.1. The number of nitrogens with one attached hydrogen (secondary N) is 1. The molecule has 0 bridgehead atoms. The fourth-order valence-electron chi connectivity index (χ4n) is 8.43. The lowest BCUT2D eigenvalue weighted by Gasteiger charge is -2.28. The number of hydrogen-bond donors (Lipinski definition) is 1. The average molecular weight is 730 g/mol. The Bertz CT molecular complexity index is 3650. The third kappa shape index (κ3) is 4.96. The molecule has 0 atom stereocenters. The van der Waals surface area contributed by atoms with E-state index in [0.29, 0.717) is 28.0 Å². The summed E-state index contributed by atoms with van der Waals surface area (Å²) in [6, 6.07) is 35.5. The highest BCUT2D eigenvalue weighted by Crippen LogP contribution is 2.51. The van der Waals surface area contributed by atoms with E-state index in [1.165, 1.54) is 5.56 Å². The van der Waals surface area contributed by atoms with E-state index < -0.39 is 48.3 Å². The van der Waals surface area contributed by atoms with Crippen LogP contribution in [0.15, 0.2) is 186 Å². The maximum Gasteiger partial charge on any atom is 0.227 e. The molecule has 11 rings (SSSR count). The van der Waals surface area contributed by atoms with Gasteiger partial charge in [0.25, 0.3) is 0 Å². The van der Waals surface area contributed by atoms with Crippen molar-refractivity contribution in [1.82, 2.24) is 9.97 Å². The highest BCUT2D eigenvalue weighted by Gasteiger charge is 2.35. The summed E-state index contributed by atoms with van der Waals surface area (Å²) in [5.41, 5.74) is 11.2. The van der Waals surface area contributed by atoms with E-state index in [4.69, 9.17) is 18.1 Å². The Balaban J connectivity index is 1.06. The average Bonchev–Trinajstić information content (AvgIpc) is 4.01. The summed E-state index contributed by atoms with van der Waals surface area (Å²) in [7, 11) is 0. The first-order valence-electron chi connectivity index (χ1n) is 23.4. The van der Waals surface area contributed by atoms with Gasteiger partial charge in [0.05, 0.1) is 19.2 Å². The molecule has 0 saturated heterocycles. The van der Waals surface area contributed by atoms with Crippen LogP contribution in [-0.2, 0) is 5.41 Å². The summed E-state index contributed by atoms with van der Waals surface area (Å²) < 4.78 is 91.8. The molecule has 0 amide bonds. The van der Waals surface area contributed by atoms with Gasteiger partial charge in [0.15, 0.2) is 5.58 Å². The summed E-state index contributed by atoms with van der Waals surface area (Å²) >= 11 is 0. The fraction of sp³-hybridized carbons (Fsp3) is 0.0577. The first-order chi connectivity index (χ1) is 31.7. The first kappa shape index (κ1) is 23.6. The molecule has 4 nitrogen and oxygen atoms in total. The highest BCUT2D eigenvalue weighted by molar-refractivity contribution is 6.19. The van der Waals surface area contributed by atoms with Gasteiger partial charge >= 0.3 is 0 Å². The van der Waals surface area contributed by atoms with Gasteiger partial charge in [-0.15, -0.1) is 0 Å². The second kappa shape index (κ2) is 12.4. The third-order valence-electron chi connectivity index (χ3n) is 11.1. The number of benzene rings is 8. The van der Waals surface area contributed by atoms with Crippen molar-refractivity contribution < 1.29 is 18.1 Å². The molecule has 56 heavy (non-hydrogen) atoms. The van der Waals surface area contributed by atoms with Crippen molar-refractivity contribution in [3.05, 3.63) is 193 Å².